The van der Waals surface area contributed by atoms with Crippen LogP contribution in [-0.2, 0) is 4.79 Å². The molecule has 9 heteroatoms. The number of carboxylic acid groups (broad SMARTS) is 1. The molecule has 8 nitrogen and oxygen atoms in total. The lowest BCUT2D eigenvalue weighted by Gasteiger charge is -2.09. The molecule has 0 unspecified atom stereocenters. The quantitative estimate of drug-likeness (QED) is 0.353. The van der Waals surface area contributed by atoms with Gasteiger partial charge in [0.05, 0.1) is 28.2 Å². The second kappa shape index (κ2) is 9.39. The number of carbonyl (C=O) groups excluding carboxylic acids is 1. The number of rotatable bonds is 8. The van der Waals surface area contributed by atoms with Gasteiger partial charge in [-0.25, -0.2) is 4.79 Å². The van der Waals surface area contributed by atoms with Crippen molar-refractivity contribution < 1.29 is 14.7 Å². The lowest BCUT2D eigenvalue weighted by molar-refractivity contribution is -0.116. The lowest BCUT2D eigenvalue weighted by Crippen LogP contribution is -2.15. The Morgan fingerprint density at radius 2 is 1.96 bits per heavy atom. The normalized spacial score (nSPS) is 10.1. The molecule has 27 heavy (non-hydrogen) atoms. The van der Waals surface area contributed by atoms with Crippen LogP contribution in [0, 0.1) is 10.3 Å². The van der Waals surface area contributed by atoms with Crippen LogP contribution in [0.25, 0.3) is 4.91 Å². The molecule has 0 fully saturated rings. The smallest absolute Gasteiger partial charge is 0.337 e. The molecule has 1 aromatic carbocycles. The number of thioether (sulfide) groups is 1. The zero-order chi connectivity index (χ0) is 19.8. The minimum absolute atomic E-state index is 0.00279. The number of carbonyl (C=O) groups is 2. The van der Waals surface area contributed by atoms with Crippen LogP contribution in [0.15, 0.2) is 54.4 Å². The van der Waals surface area contributed by atoms with Crippen LogP contribution in [0.1, 0.15) is 28.9 Å². The molecular weight excluding hydrogens is 368 g/mol. The third-order valence-corrected chi connectivity index (χ3v) is 4.30. The van der Waals surface area contributed by atoms with Crippen LogP contribution in [0.5, 0.6) is 0 Å². The standard InChI is InChI=1S/C18H16N4O4S/c1-11(14-7-6-12(22-26)10-20-14)27-16(19)8-9-17(23)21-15-5-3-2-4-13(15)18(24)25/h2-7,10,19H,1,8-9H2,(H,21,23)(H,24,25). The minimum atomic E-state index is -1.13. The number of benzene rings is 1. The van der Waals surface area contributed by atoms with Gasteiger partial charge >= 0.3 is 5.97 Å². The first kappa shape index (κ1) is 20.0. The number of carboxylic acids is 1. The molecule has 2 rings (SSSR count). The Bertz CT molecular complexity index is 896. The molecule has 1 aromatic heterocycles. The summed E-state index contributed by atoms with van der Waals surface area (Å²) >= 11 is 1.07. The van der Waals surface area contributed by atoms with E-state index in [0.717, 1.165) is 11.8 Å². The highest BCUT2D eigenvalue weighted by atomic mass is 32.2. The predicted molar refractivity (Wildman–Crippen MR) is 105 cm³/mol. The summed E-state index contributed by atoms with van der Waals surface area (Å²) in [6, 6.07) is 9.18. The Labute approximate surface area is 159 Å². The number of hydrogen-bond donors (Lipinski definition) is 3. The Morgan fingerprint density at radius 1 is 1.22 bits per heavy atom. The van der Waals surface area contributed by atoms with Crippen molar-refractivity contribution in [1.82, 2.24) is 4.98 Å². The average Bonchev–Trinajstić information content (AvgIpc) is 2.66. The highest BCUT2D eigenvalue weighted by molar-refractivity contribution is 8.21. The van der Waals surface area contributed by atoms with E-state index in [1.165, 1.54) is 24.4 Å². The Hall–Kier alpha value is -3.33. The van der Waals surface area contributed by atoms with Crippen molar-refractivity contribution in [3.63, 3.8) is 0 Å². The third-order valence-electron chi connectivity index (χ3n) is 3.40. The molecule has 3 N–H and O–H groups in total. The van der Waals surface area contributed by atoms with Crippen molar-refractivity contribution in [3.8, 4) is 0 Å². The van der Waals surface area contributed by atoms with E-state index in [-0.39, 0.29) is 40.7 Å². The van der Waals surface area contributed by atoms with E-state index in [1.54, 1.807) is 18.2 Å². The number of pyridine rings is 1. The largest absolute Gasteiger partial charge is 0.478 e. The summed E-state index contributed by atoms with van der Waals surface area (Å²) in [7, 11) is 0. The molecular formula is C18H16N4O4S. The molecule has 0 aliphatic rings. The minimum Gasteiger partial charge on any atom is -0.478 e. The molecule has 2 aromatic rings. The van der Waals surface area contributed by atoms with Gasteiger partial charge in [-0.15, -0.1) is 4.91 Å². The number of nitrogens with zero attached hydrogens (tertiary/aromatic N) is 2. The first-order chi connectivity index (χ1) is 12.9. The van der Waals surface area contributed by atoms with Crippen LogP contribution in [0.2, 0.25) is 0 Å². The summed E-state index contributed by atoms with van der Waals surface area (Å²) < 4.78 is 0. The zero-order valence-electron chi connectivity index (χ0n) is 14.1. The first-order valence-corrected chi connectivity index (χ1v) is 8.58. The average molecular weight is 384 g/mol. The Morgan fingerprint density at radius 3 is 2.59 bits per heavy atom. The molecule has 0 radical (unpaired) electrons. The second-order valence-electron chi connectivity index (χ2n) is 5.34. The first-order valence-electron chi connectivity index (χ1n) is 7.77. The van der Waals surface area contributed by atoms with E-state index in [0.29, 0.717) is 10.6 Å². The van der Waals surface area contributed by atoms with Crippen LogP contribution >= 0.6 is 11.8 Å². The number of amides is 1. The maximum atomic E-state index is 12.0. The van der Waals surface area contributed by atoms with E-state index >= 15 is 0 Å². The third kappa shape index (κ3) is 5.86. The van der Waals surface area contributed by atoms with Gasteiger partial charge < -0.3 is 10.4 Å². The van der Waals surface area contributed by atoms with Crippen LogP contribution in [-0.4, -0.2) is 27.0 Å². The van der Waals surface area contributed by atoms with Gasteiger partial charge in [0.2, 0.25) is 5.91 Å². The van der Waals surface area contributed by atoms with E-state index < -0.39 is 5.97 Å². The summed E-state index contributed by atoms with van der Waals surface area (Å²) in [5, 5.41) is 22.6. The summed E-state index contributed by atoms with van der Waals surface area (Å²) in [4.78, 5) is 38.1. The molecule has 0 bridgehead atoms. The molecule has 138 valence electrons. The number of nitroso groups, excluding NO2 is 1. The molecule has 0 aliphatic carbocycles. The number of aromatic carboxylic acids is 1. The topological polar surface area (TPSA) is 133 Å². The fraction of sp³-hybridized carbons (Fsp3) is 0.111. The molecule has 0 saturated carbocycles. The summed E-state index contributed by atoms with van der Waals surface area (Å²) in [6.07, 6.45) is 1.50. The van der Waals surface area contributed by atoms with E-state index in [9.17, 15) is 14.5 Å². The number of para-hydroxylation sites is 1. The fourth-order valence-electron chi connectivity index (χ4n) is 2.08. The van der Waals surface area contributed by atoms with Crippen molar-refractivity contribution in [2.45, 2.75) is 12.8 Å². The fourth-order valence-corrected chi connectivity index (χ4v) is 2.80. The van der Waals surface area contributed by atoms with E-state index in [4.69, 9.17) is 10.5 Å². The van der Waals surface area contributed by atoms with Gasteiger partial charge in [-0.2, -0.15) is 0 Å². The highest BCUT2D eigenvalue weighted by Crippen LogP contribution is 2.27. The van der Waals surface area contributed by atoms with Crippen LogP contribution in [0.3, 0.4) is 0 Å². The van der Waals surface area contributed by atoms with Crippen molar-refractivity contribution in [2.75, 3.05) is 5.32 Å². The van der Waals surface area contributed by atoms with Crippen molar-refractivity contribution in [1.29, 1.82) is 5.41 Å². The van der Waals surface area contributed by atoms with Gasteiger partial charge in [0, 0.05) is 17.7 Å². The van der Waals surface area contributed by atoms with Crippen LogP contribution < -0.4 is 5.32 Å². The molecule has 0 saturated heterocycles. The van der Waals surface area contributed by atoms with E-state index in [1.807, 2.05) is 0 Å². The monoisotopic (exact) mass is 384 g/mol. The van der Waals surface area contributed by atoms with E-state index in [2.05, 4.69) is 22.1 Å². The SMILES string of the molecule is C=C(SC(=N)CCC(=O)Nc1ccccc1C(=O)O)c1ccc(N=O)cn1. The van der Waals surface area contributed by atoms with Crippen molar-refractivity contribution in [3.05, 3.63) is 65.3 Å². The van der Waals surface area contributed by atoms with Crippen molar-refractivity contribution in [2.24, 2.45) is 5.18 Å². The molecule has 1 amide bonds. The zero-order valence-corrected chi connectivity index (χ0v) is 15.0. The maximum Gasteiger partial charge on any atom is 0.337 e. The van der Waals surface area contributed by atoms with Crippen LogP contribution in [0.4, 0.5) is 11.4 Å². The predicted octanol–water partition coefficient (Wildman–Crippen LogP) is 4.28. The summed E-state index contributed by atoms with van der Waals surface area (Å²) in [5.74, 6) is -1.52. The van der Waals surface area contributed by atoms with Gasteiger partial charge in [-0.05, 0) is 29.4 Å². The van der Waals surface area contributed by atoms with Crippen molar-refractivity contribution >= 4 is 45.0 Å². The Kier molecular flexibility index (Phi) is 6.95. The number of anilines is 1. The molecule has 0 spiro atoms. The molecule has 1 heterocycles. The van der Waals surface area contributed by atoms with Gasteiger partial charge in [0.1, 0.15) is 5.69 Å². The lowest BCUT2D eigenvalue weighted by atomic mass is 10.1. The maximum absolute atomic E-state index is 12.0. The highest BCUT2D eigenvalue weighted by Gasteiger charge is 2.13. The molecule has 0 aliphatic heterocycles. The summed E-state index contributed by atoms with van der Waals surface area (Å²) in [6.45, 7) is 3.83. The number of aromatic nitrogens is 1. The van der Waals surface area contributed by atoms with Gasteiger partial charge in [0.25, 0.3) is 0 Å². The van der Waals surface area contributed by atoms with Gasteiger partial charge in [-0.3, -0.25) is 15.2 Å². The van der Waals surface area contributed by atoms with Gasteiger partial charge in [-0.1, -0.05) is 30.5 Å². The second-order valence-corrected chi connectivity index (χ2v) is 6.53. The van der Waals surface area contributed by atoms with Gasteiger partial charge in [0.15, 0.2) is 0 Å². The summed E-state index contributed by atoms with van der Waals surface area (Å²) in [5.41, 5.74) is 0.927. The number of hydrogen-bond acceptors (Lipinski definition) is 7. The molecule has 0 atom stereocenters. The Balaban J connectivity index is 1.86. The number of nitrogens with one attached hydrogen (secondary N) is 2.